The molecule has 0 aliphatic heterocycles. The number of rotatable bonds is 6. The molecule has 2 aromatic carbocycles. The maximum atomic E-state index is 12.2. The fraction of sp³-hybridized carbons (Fsp3) is 0.222. The molecule has 0 spiro atoms. The van der Waals surface area contributed by atoms with E-state index in [0.717, 1.165) is 15.8 Å². The van der Waals surface area contributed by atoms with Gasteiger partial charge in [0.25, 0.3) is 0 Å². The number of anilines is 1. The molecule has 7 heteroatoms. The Kier molecular flexibility index (Phi) is 5.40. The molecule has 0 fully saturated rings. The first-order valence-corrected chi connectivity index (χ1v) is 8.84. The first-order chi connectivity index (χ1) is 12.1. The molecule has 130 valence electrons. The number of aromatic nitrogens is 1. The van der Waals surface area contributed by atoms with Crippen LogP contribution in [0.3, 0.4) is 0 Å². The van der Waals surface area contributed by atoms with Gasteiger partial charge >= 0.3 is 0 Å². The monoisotopic (exact) mass is 376 g/mol. The number of aryl methyl sites for hydroxylation is 1. The summed E-state index contributed by atoms with van der Waals surface area (Å²) in [6, 6.07) is 11.1. The molecule has 0 atom stereocenters. The lowest BCUT2D eigenvalue weighted by Gasteiger charge is -2.08. The van der Waals surface area contributed by atoms with E-state index in [1.807, 2.05) is 24.3 Å². The number of thiazole rings is 1. The molecule has 1 N–H and O–H groups in total. The van der Waals surface area contributed by atoms with Crippen LogP contribution in [0.4, 0.5) is 5.13 Å². The quantitative estimate of drug-likeness (QED) is 0.686. The summed E-state index contributed by atoms with van der Waals surface area (Å²) in [7, 11) is 3.20. The summed E-state index contributed by atoms with van der Waals surface area (Å²) in [6.07, 6.45) is 0.920. The molecule has 0 unspecified atom stereocenters. The molecule has 1 aromatic heterocycles. The lowest BCUT2D eigenvalue weighted by molar-refractivity contribution is -0.116. The molecule has 0 saturated heterocycles. The Hall–Kier alpha value is -2.31. The number of halogens is 1. The Bertz CT molecular complexity index is 888. The van der Waals surface area contributed by atoms with Crippen LogP contribution in [0.15, 0.2) is 36.4 Å². The van der Waals surface area contributed by atoms with E-state index in [1.165, 1.54) is 11.3 Å². The third-order valence-corrected chi connectivity index (χ3v) is 4.82. The second kappa shape index (κ2) is 7.72. The molecule has 5 nitrogen and oxygen atoms in total. The van der Waals surface area contributed by atoms with Crippen molar-refractivity contribution in [1.29, 1.82) is 0 Å². The van der Waals surface area contributed by atoms with E-state index in [0.29, 0.717) is 34.5 Å². The molecule has 0 saturated carbocycles. The van der Waals surface area contributed by atoms with Crippen LogP contribution < -0.4 is 14.8 Å². The lowest BCUT2D eigenvalue weighted by atomic mass is 10.1. The molecular formula is C18H17ClN2O3S. The lowest BCUT2D eigenvalue weighted by Crippen LogP contribution is -2.12. The second-order valence-corrected chi connectivity index (χ2v) is 6.87. The number of nitrogens with zero attached hydrogens (tertiary/aromatic N) is 1. The molecule has 0 bridgehead atoms. The van der Waals surface area contributed by atoms with E-state index >= 15 is 0 Å². The number of nitrogens with one attached hydrogen (secondary N) is 1. The minimum Gasteiger partial charge on any atom is -0.497 e. The van der Waals surface area contributed by atoms with Crippen LogP contribution in [0, 0.1) is 0 Å². The minimum absolute atomic E-state index is 0.0908. The predicted molar refractivity (Wildman–Crippen MR) is 101 cm³/mol. The molecular weight excluding hydrogens is 360 g/mol. The van der Waals surface area contributed by atoms with E-state index < -0.39 is 0 Å². The highest BCUT2D eigenvalue weighted by atomic mass is 35.5. The second-order valence-electron chi connectivity index (χ2n) is 5.40. The van der Waals surface area contributed by atoms with Crippen LogP contribution >= 0.6 is 22.9 Å². The van der Waals surface area contributed by atoms with Crippen molar-refractivity contribution in [1.82, 2.24) is 4.98 Å². The first-order valence-electron chi connectivity index (χ1n) is 7.65. The zero-order valence-corrected chi connectivity index (χ0v) is 15.4. The van der Waals surface area contributed by atoms with Gasteiger partial charge < -0.3 is 14.8 Å². The van der Waals surface area contributed by atoms with Crippen molar-refractivity contribution >= 4 is 44.2 Å². The number of carbonyl (C=O) groups is 1. The normalized spacial score (nSPS) is 10.7. The van der Waals surface area contributed by atoms with Crippen molar-refractivity contribution in [3.05, 3.63) is 47.0 Å². The van der Waals surface area contributed by atoms with Gasteiger partial charge in [0.05, 0.1) is 24.4 Å². The molecule has 1 heterocycles. The first kappa shape index (κ1) is 17.5. The van der Waals surface area contributed by atoms with Crippen LogP contribution in [0.25, 0.3) is 10.2 Å². The van der Waals surface area contributed by atoms with Crippen LogP contribution in [0.5, 0.6) is 11.5 Å². The smallest absolute Gasteiger partial charge is 0.226 e. The number of ether oxygens (including phenoxy) is 2. The van der Waals surface area contributed by atoms with E-state index in [1.54, 1.807) is 26.4 Å². The topological polar surface area (TPSA) is 60.5 Å². The van der Waals surface area contributed by atoms with Gasteiger partial charge in [-0.05, 0) is 42.3 Å². The van der Waals surface area contributed by atoms with Crippen molar-refractivity contribution in [2.45, 2.75) is 12.8 Å². The SMILES string of the molecule is COc1cc(CCC(=O)Nc2nc3ccc(Cl)cc3s2)cc(OC)c1. The standard InChI is InChI=1S/C18H17ClN2O3S/c1-23-13-7-11(8-14(10-13)24-2)3-6-17(22)21-18-20-15-5-4-12(19)9-16(15)25-18/h4-5,7-10H,3,6H2,1-2H3,(H,20,21,22). The number of carbonyl (C=O) groups excluding carboxylic acids is 1. The van der Waals surface area contributed by atoms with Crippen molar-refractivity contribution in [3.8, 4) is 11.5 Å². The zero-order valence-electron chi connectivity index (χ0n) is 13.8. The Morgan fingerprint density at radius 1 is 1.16 bits per heavy atom. The van der Waals surface area contributed by atoms with E-state index in [4.69, 9.17) is 21.1 Å². The highest BCUT2D eigenvalue weighted by Crippen LogP contribution is 2.28. The van der Waals surface area contributed by atoms with Crippen molar-refractivity contribution in [3.63, 3.8) is 0 Å². The number of benzene rings is 2. The number of fused-ring (bicyclic) bond motifs is 1. The third kappa shape index (κ3) is 4.41. The summed E-state index contributed by atoms with van der Waals surface area (Å²) in [5.41, 5.74) is 1.80. The average Bonchev–Trinajstić information content (AvgIpc) is 3.00. The van der Waals surface area contributed by atoms with Gasteiger partial charge in [0.1, 0.15) is 11.5 Å². The van der Waals surface area contributed by atoms with Gasteiger partial charge in [0, 0.05) is 17.5 Å². The fourth-order valence-corrected chi connectivity index (χ4v) is 3.56. The maximum absolute atomic E-state index is 12.2. The van der Waals surface area contributed by atoms with Gasteiger partial charge in [-0.3, -0.25) is 4.79 Å². The molecule has 0 radical (unpaired) electrons. The van der Waals surface area contributed by atoms with Gasteiger partial charge in [0.2, 0.25) is 5.91 Å². The molecule has 3 rings (SSSR count). The van der Waals surface area contributed by atoms with Gasteiger partial charge in [-0.2, -0.15) is 0 Å². The zero-order chi connectivity index (χ0) is 17.8. The summed E-state index contributed by atoms with van der Waals surface area (Å²) in [6.45, 7) is 0. The molecule has 0 aliphatic carbocycles. The molecule has 3 aromatic rings. The summed E-state index contributed by atoms with van der Waals surface area (Å²) < 4.78 is 11.4. The third-order valence-electron chi connectivity index (χ3n) is 3.65. The Morgan fingerprint density at radius 2 is 1.88 bits per heavy atom. The summed E-state index contributed by atoms with van der Waals surface area (Å²) >= 11 is 7.38. The summed E-state index contributed by atoms with van der Waals surface area (Å²) in [4.78, 5) is 16.6. The number of methoxy groups -OCH3 is 2. The number of amides is 1. The number of hydrogen-bond acceptors (Lipinski definition) is 5. The maximum Gasteiger partial charge on any atom is 0.226 e. The number of hydrogen-bond donors (Lipinski definition) is 1. The van der Waals surface area contributed by atoms with Gasteiger partial charge in [-0.1, -0.05) is 22.9 Å². The molecule has 25 heavy (non-hydrogen) atoms. The van der Waals surface area contributed by atoms with Gasteiger partial charge in [-0.15, -0.1) is 0 Å². The fourth-order valence-electron chi connectivity index (χ4n) is 2.40. The predicted octanol–water partition coefficient (Wildman–Crippen LogP) is 4.54. The Balaban J connectivity index is 1.64. The van der Waals surface area contributed by atoms with Crippen LogP contribution in [0.1, 0.15) is 12.0 Å². The largest absolute Gasteiger partial charge is 0.497 e. The molecule has 1 amide bonds. The van der Waals surface area contributed by atoms with Gasteiger partial charge in [0.15, 0.2) is 5.13 Å². The highest BCUT2D eigenvalue weighted by Gasteiger charge is 2.10. The minimum atomic E-state index is -0.0908. The van der Waals surface area contributed by atoms with Gasteiger partial charge in [-0.25, -0.2) is 4.98 Å². The van der Waals surface area contributed by atoms with Crippen molar-refractivity contribution in [2.24, 2.45) is 0 Å². The molecule has 0 aliphatic rings. The van der Waals surface area contributed by atoms with Crippen LogP contribution in [-0.4, -0.2) is 25.1 Å². The highest BCUT2D eigenvalue weighted by molar-refractivity contribution is 7.22. The Morgan fingerprint density at radius 3 is 2.56 bits per heavy atom. The van der Waals surface area contributed by atoms with E-state index in [2.05, 4.69) is 10.3 Å². The van der Waals surface area contributed by atoms with Crippen molar-refractivity contribution < 1.29 is 14.3 Å². The van der Waals surface area contributed by atoms with Crippen molar-refractivity contribution in [2.75, 3.05) is 19.5 Å². The van der Waals surface area contributed by atoms with E-state index in [9.17, 15) is 4.79 Å². The average molecular weight is 377 g/mol. The van der Waals surface area contributed by atoms with E-state index in [-0.39, 0.29) is 5.91 Å². The van der Waals surface area contributed by atoms with Crippen LogP contribution in [0.2, 0.25) is 5.02 Å². The summed E-state index contributed by atoms with van der Waals surface area (Å²) in [5, 5.41) is 4.07. The van der Waals surface area contributed by atoms with Crippen LogP contribution in [-0.2, 0) is 11.2 Å². The Labute approximate surface area is 154 Å². The summed E-state index contributed by atoms with van der Waals surface area (Å²) in [5.74, 6) is 1.32.